The van der Waals surface area contributed by atoms with E-state index in [-0.39, 0.29) is 6.61 Å². The van der Waals surface area contributed by atoms with Gasteiger partial charge in [-0.15, -0.1) is 0 Å². The summed E-state index contributed by atoms with van der Waals surface area (Å²) >= 11 is 0. The Morgan fingerprint density at radius 2 is 1.96 bits per heavy atom. The van der Waals surface area contributed by atoms with E-state index in [1.54, 1.807) is 37.5 Å². The lowest BCUT2D eigenvalue weighted by atomic mass is 10.1. The first-order valence-corrected chi connectivity index (χ1v) is 8.77. The third-order valence-electron chi connectivity index (χ3n) is 4.20. The second kappa shape index (κ2) is 8.86. The third kappa shape index (κ3) is 4.20. The van der Waals surface area contributed by atoms with E-state index in [9.17, 15) is 4.79 Å². The lowest BCUT2D eigenvalue weighted by Gasteiger charge is -2.11. The molecule has 0 bridgehead atoms. The molecule has 0 saturated heterocycles. The number of ether oxygens (including phenoxy) is 2. The molecule has 0 aliphatic heterocycles. The first-order chi connectivity index (χ1) is 13.7. The first kappa shape index (κ1) is 19.2. The second-order valence-corrected chi connectivity index (χ2v) is 6.02. The van der Waals surface area contributed by atoms with Crippen LogP contribution in [0.4, 0.5) is 0 Å². The van der Waals surface area contributed by atoms with Gasteiger partial charge in [0.25, 0.3) is 0 Å². The Kier molecular flexibility index (Phi) is 6.07. The van der Waals surface area contributed by atoms with Crippen LogP contribution in [-0.4, -0.2) is 18.4 Å². The molecule has 0 fully saturated rings. The summed E-state index contributed by atoms with van der Waals surface area (Å²) < 4.78 is 17.1. The van der Waals surface area contributed by atoms with Gasteiger partial charge in [-0.25, -0.2) is 4.98 Å². The van der Waals surface area contributed by atoms with Crippen LogP contribution in [0.15, 0.2) is 71.7 Å². The van der Waals surface area contributed by atoms with Crippen molar-refractivity contribution < 1.29 is 18.7 Å². The van der Waals surface area contributed by atoms with Crippen molar-refractivity contribution in [2.45, 2.75) is 13.5 Å². The van der Waals surface area contributed by atoms with Crippen molar-refractivity contribution in [3.05, 3.63) is 84.3 Å². The Labute approximate surface area is 163 Å². The molecule has 1 heterocycles. The molecule has 0 amide bonds. The molecule has 3 rings (SSSR count). The summed E-state index contributed by atoms with van der Waals surface area (Å²) in [5.74, 6) is 2.34. The van der Waals surface area contributed by atoms with Gasteiger partial charge < -0.3 is 13.9 Å². The average molecular weight is 375 g/mol. The molecule has 0 aliphatic carbocycles. The number of carbonyl (C=O) groups is 1. The number of methoxy groups -OCH3 is 1. The maximum Gasteiger partial charge on any atom is 0.226 e. The molecule has 0 saturated carbocycles. The normalized spacial score (nSPS) is 11.1. The summed E-state index contributed by atoms with van der Waals surface area (Å²) in [4.78, 5) is 15.8. The van der Waals surface area contributed by atoms with Gasteiger partial charge in [0.1, 0.15) is 18.1 Å². The van der Waals surface area contributed by atoms with E-state index in [4.69, 9.17) is 13.9 Å². The van der Waals surface area contributed by atoms with Crippen LogP contribution in [0.1, 0.15) is 17.0 Å². The molecule has 0 aliphatic rings. The maximum atomic E-state index is 11.2. The SMILES string of the molecule is C=CC=C(C=O)c1ccc(OCc2nc(-c3ccccc3)oc2C)c(OC)c1. The van der Waals surface area contributed by atoms with E-state index in [0.29, 0.717) is 34.4 Å². The number of oxazole rings is 1. The van der Waals surface area contributed by atoms with Gasteiger partial charge in [-0.3, -0.25) is 4.79 Å². The van der Waals surface area contributed by atoms with Crippen molar-refractivity contribution in [3.8, 4) is 23.0 Å². The standard InChI is InChI=1S/C23H21NO4/c1-4-8-19(14-25)18-11-12-21(22(13-18)26-3)27-15-20-16(2)28-23(24-20)17-9-6-5-7-10-17/h4-14H,1,15H2,2-3H3. The van der Waals surface area contributed by atoms with Gasteiger partial charge in [0.2, 0.25) is 5.89 Å². The van der Waals surface area contributed by atoms with Crippen molar-refractivity contribution >= 4 is 11.9 Å². The zero-order valence-electron chi connectivity index (χ0n) is 15.8. The van der Waals surface area contributed by atoms with Gasteiger partial charge in [0, 0.05) is 11.1 Å². The van der Waals surface area contributed by atoms with Crippen LogP contribution in [0.2, 0.25) is 0 Å². The molecule has 0 unspecified atom stereocenters. The smallest absolute Gasteiger partial charge is 0.226 e. The number of benzene rings is 2. The Morgan fingerprint density at radius 3 is 2.64 bits per heavy atom. The Balaban J connectivity index is 1.79. The number of hydrogen-bond donors (Lipinski definition) is 0. The molecule has 142 valence electrons. The number of allylic oxidation sites excluding steroid dienone is 3. The molecule has 0 atom stereocenters. The average Bonchev–Trinajstić information content (AvgIpc) is 3.11. The highest BCUT2D eigenvalue weighted by atomic mass is 16.5. The minimum atomic E-state index is 0.237. The maximum absolute atomic E-state index is 11.2. The second-order valence-electron chi connectivity index (χ2n) is 6.02. The van der Waals surface area contributed by atoms with Gasteiger partial charge in [0.05, 0.1) is 7.11 Å². The molecule has 0 spiro atoms. The number of aromatic nitrogens is 1. The van der Waals surface area contributed by atoms with Crippen LogP contribution in [0, 0.1) is 6.92 Å². The zero-order valence-corrected chi connectivity index (χ0v) is 15.8. The number of aryl methyl sites for hydroxylation is 1. The van der Waals surface area contributed by atoms with Crippen molar-refractivity contribution in [1.82, 2.24) is 4.98 Å². The van der Waals surface area contributed by atoms with Crippen LogP contribution >= 0.6 is 0 Å². The van der Waals surface area contributed by atoms with Crippen LogP contribution < -0.4 is 9.47 Å². The Hall–Kier alpha value is -3.60. The quantitative estimate of drug-likeness (QED) is 0.315. The number of carbonyl (C=O) groups excluding carboxylic acids is 1. The summed E-state index contributed by atoms with van der Waals surface area (Å²) in [5, 5.41) is 0. The van der Waals surface area contributed by atoms with E-state index >= 15 is 0 Å². The van der Waals surface area contributed by atoms with Gasteiger partial charge in [-0.05, 0) is 36.8 Å². The molecular formula is C23H21NO4. The minimum absolute atomic E-state index is 0.237. The van der Waals surface area contributed by atoms with Gasteiger partial charge in [-0.2, -0.15) is 0 Å². The lowest BCUT2D eigenvalue weighted by molar-refractivity contribution is -0.103. The van der Waals surface area contributed by atoms with E-state index in [1.807, 2.05) is 37.3 Å². The summed E-state index contributed by atoms with van der Waals surface area (Å²) in [6.07, 6.45) is 3.99. The molecule has 1 aromatic heterocycles. The molecule has 3 aromatic rings. The number of nitrogens with zero attached hydrogens (tertiary/aromatic N) is 1. The highest BCUT2D eigenvalue weighted by molar-refractivity contribution is 6.07. The van der Waals surface area contributed by atoms with E-state index in [2.05, 4.69) is 11.6 Å². The predicted molar refractivity (Wildman–Crippen MR) is 108 cm³/mol. The Morgan fingerprint density at radius 1 is 1.18 bits per heavy atom. The molecule has 5 heteroatoms. The molecule has 2 aromatic carbocycles. The third-order valence-corrected chi connectivity index (χ3v) is 4.20. The fraction of sp³-hybridized carbons (Fsp3) is 0.130. The first-order valence-electron chi connectivity index (χ1n) is 8.77. The zero-order chi connectivity index (χ0) is 19.9. The lowest BCUT2D eigenvalue weighted by Crippen LogP contribution is -2.00. The fourth-order valence-corrected chi connectivity index (χ4v) is 2.71. The number of rotatable bonds is 8. The highest BCUT2D eigenvalue weighted by Gasteiger charge is 2.14. The van der Waals surface area contributed by atoms with Crippen molar-refractivity contribution in [2.75, 3.05) is 7.11 Å². The van der Waals surface area contributed by atoms with E-state index in [0.717, 1.165) is 17.4 Å². The van der Waals surface area contributed by atoms with Gasteiger partial charge in [-0.1, -0.05) is 43.0 Å². The highest BCUT2D eigenvalue weighted by Crippen LogP contribution is 2.31. The van der Waals surface area contributed by atoms with Crippen LogP contribution in [-0.2, 0) is 11.4 Å². The van der Waals surface area contributed by atoms with Gasteiger partial charge in [0.15, 0.2) is 17.8 Å². The molecule has 0 radical (unpaired) electrons. The summed E-state index contributed by atoms with van der Waals surface area (Å²) in [6, 6.07) is 15.0. The van der Waals surface area contributed by atoms with Crippen molar-refractivity contribution in [3.63, 3.8) is 0 Å². The van der Waals surface area contributed by atoms with Crippen LogP contribution in [0.3, 0.4) is 0 Å². The minimum Gasteiger partial charge on any atom is -0.493 e. The van der Waals surface area contributed by atoms with Crippen molar-refractivity contribution in [2.24, 2.45) is 0 Å². The van der Waals surface area contributed by atoms with Crippen molar-refractivity contribution in [1.29, 1.82) is 0 Å². The van der Waals surface area contributed by atoms with Crippen LogP contribution in [0.5, 0.6) is 11.5 Å². The molecule has 28 heavy (non-hydrogen) atoms. The topological polar surface area (TPSA) is 61.6 Å². The Bertz CT molecular complexity index is 1000. The predicted octanol–water partition coefficient (Wildman–Crippen LogP) is 5.01. The van der Waals surface area contributed by atoms with E-state index < -0.39 is 0 Å². The monoisotopic (exact) mass is 375 g/mol. The number of hydrogen-bond acceptors (Lipinski definition) is 5. The van der Waals surface area contributed by atoms with Crippen LogP contribution in [0.25, 0.3) is 17.0 Å². The summed E-state index contributed by atoms with van der Waals surface area (Å²) in [5.41, 5.74) is 2.86. The largest absolute Gasteiger partial charge is 0.493 e. The summed E-state index contributed by atoms with van der Waals surface area (Å²) in [6.45, 7) is 5.72. The summed E-state index contributed by atoms with van der Waals surface area (Å²) in [7, 11) is 1.55. The molecular weight excluding hydrogens is 354 g/mol. The fourth-order valence-electron chi connectivity index (χ4n) is 2.71. The molecule has 5 nitrogen and oxygen atoms in total. The molecule has 0 N–H and O–H groups in total. The number of aldehydes is 1. The van der Waals surface area contributed by atoms with E-state index in [1.165, 1.54) is 0 Å². The van der Waals surface area contributed by atoms with Gasteiger partial charge >= 0.3 is 0 Å².